The van der Waals surface area contributed by atoms with Gasteiger partial charge < -0.3 is 15.2 Å². The molecule has 0 aromatic heterocycles. The molecule has 1 fully saturated rings. The first kappa shape index (κ1) is 13.3. The average molecular weight is 326 g/mol. The van der Waals surface area contributed by atoms with Crippen LogP contribution < -0.4 is 15.2 Å². The molecule has 0 radical (unpaired) electrons. The monoisotopic (exact) mass is 325 g/mol. The van der Waals surface area contributed by atoms with Gasteiger partial charge in [-0.15, -0.1) is 0 Å². The molecule has 0 spiro atoms. The third-order valence-corrected chi connectivity index (χ3v) is 4.89. The fourth-order valence-corrected chi connectivity index (χ4v) is 3.79. The molecule has 1 saturated carbocycles. The van der Waals surface area contributed by atoms with Gasteiger partial charge in [0.1, 0.15) is 13.2 Å². The fourth-order valence-electron chi connectivity index (χ4n) is 3.27. The van der Waals surface area contributed by atoms with Gasteiger partial charge in [0, 0.05) is 11.1 Å². The Bertz CT molecular complexity index is 495. The van der Waals surface area contributed by atoms with Crippen molar-refractivity contribution >= 4 is 15.9 Å². The zero-order chi connectivity index (χ0) is 13.5. The van der Waals surface area contributed by atoms with E-state index in [1.54, 1.807) is 0 Å². The Morgan fingerprint density at radius 3 is 2.42 bits per heavy atom. The van der Waals surface area contributed by atoms with Gasteiger partial charge in [-0.1, -0.05) is 19.3 Å². The maximum atomic E-state index is 6.67. The maximum Gasteiger partial charge on any atom is 0.175 e. The molecule has 1 aliphatic carbocycles. The summed E-state index contributed by atoms with van der Waals surface area (Å²) in [5.74, 6) is 1.69. The van der Waals surface area contributed by atoms with E-state index in [1.165, 1.54) is 24.8 Å². The second kappa shape index (κ2) is 4.98. The van der Waals surface area contributed by atoms with E-state index in [-0.39, 0.29) is 5.54 Å². The van der Waals surface area contributed by atoms with Crippen LogP contribution in [0.25, 0.3) is 0 Å². The van der Waals surface area contributed by atoms with Crippen LogP contribution in [-0.4, -0.2) is 13.2 Å². The average Bonchev–Trinajstić information content (AvgIpc) is 2.43. The summed E-state index contributed by atoms with van der Waals surface area (Å²) in [4.78, 5) is 0. The molecule has 1 heterocycles. The lowest BCUT2D eigenvalue weighted by Crippen LogP contribution is -2.39. The molecule has 0 unspecified atom stereocenters. The molecule has 104 valence electrons. The molecule has 0 saturated heterocycles. The number of ether oxygens (including phenoxy) is 2. The van der Waals surface area contributed by atoms with Crippen LogP contribution in [0.2, 0.25) is 0 Å². The highest BCUT2D eigenvalue weighted by Crippen LogP contribution is 2.46. The minimum absolute atomic E-state index is 0.208. The van der Waals surface area contributed by atoms with Crippen LogP contribution in [0.15, 0.2) is 10.5 Å². The van der Waals surface area contributed by atoms with Gasteiger partial charge in [0.15, 0.2) is 11.5 Å². The van der Waals surface area contributed by atoms with Gasteiger partial charge in [0.25, 0.3) is 0 Å². The minimum Gasteiger partial charge on any atom is -0.486 e. The van der Waals surface area contributed by atoms with Crippen molar-refractivity contribution in [1.82, 2.24) is 0 Å². The first-order valence-corrected chi connectivity index (χ1v) is 7.79. The molecule has 1 aromatic rings. The van der Waals surface area contributed by atoms with Crippen LogP contribution in [0.5, 0.6) is 11.5 Å². The Morgan fingerprint density at radius 2 is 1.74 bits per heavy atom. The van der Waals surface area contributed by atoms with Gasteiger partial charge in [-0.05, 0) is 47.3 Å². The molecule has 3 nitrogen and oxygen atoms in total. The second-order valence-electron chi connectivity index (χ2n) is 5.60. The lowest BCUT2D eigenvalue weighted by atomic mass is 9.76. The van der Waals surface area contributed by atoms with Crippen LogP contribution in [0.1, 0.15) is 43.2 Å². The third-order valence-electron chi connectivity index (χ3n) is 4.30. The van der Waals surface area contributed by atoms with Gasteiger partial charge in [0.05, 0.1) is 4.47 Å². The number of rotatable bonds is 1. The standard InChI is InChI=1S/C15H20BrNO2/c1-10-11(15(17)5-3-2-4-6-15)9-12(16)14-13(10)18-7-8-19-14/h9H,2-8,17H2,1H3. The van der Waals surface area contributed by atoms with Gasteiger partial charge >= 0.3 is 0 Å². The Hall–Kier alpha value is -0.740. The molecular formula is C15H20BrNO2. The summed E-state index contributed by atoms with van der Waals surface area (Å²) < 4.78 is 12.5. The summed E-state index contributed by atoms with van der Waals surface area (Å²) in [5, 5.41) is 0. The van der Waals surface area contributed by atoms with Crippen molar-refractivity contribution in [2.24, 2.45) is 5.73 Å². The lowest BCUT2D eigenvalue weighted by molar-refractivity contribution is 0.168. The van der Waals surface area contributed by atoms with Crippen molar-refractivity contribution in [3.63, 3.8) is 0 Å². The largest absolute Gasteiger partial charge is 0.486 e. The topological polar surface area (TPSA) is 44.5 Å². The zero-order valence-corrected chi connectivity index (χ0v) is 12.9. The summed E-state index contributed by atoms with van der Waals surface area (Å²) in [5.41, 5.74) is 8.81. The van der Waals surface area contributed by atoms with E-state index in [0.29, 0.717) is 13.2 Å². The number of hydrogen-bond donors (Lipinski definition) is 1. The molecule has 0 bridgehead atoms. The number of benzene rings is 1. The van der Waals surface area contributed by atoms with Crippen molar-refractivity contribution in [2.75, 3.05) is 13.2 Å². The highest BCUT2D eigenvalue weighted by Gasteiger charge is 2.34. The van der Waals surface area contributed by atoms with Crippen molar-refractivity contribution in [3.8, 4) is 11.5 Å². The Balaban J connectivity index is 2.09. The molecule has 0 atom stereocenters. The molecule has 19 heavy (non-hydrogen) atoms. The molecule has 2 aliphatic rings. The Labute approximate surface area is 122 Å². The Morgan fingerprint density at radius 1 is 1.11 bits per heavy atom. The SMILES string of the molecule is Cc1c(C2(N)CCCCC2)cc(Br)c2c1OCCO2. The predicted octanol–water partition coefficient (Wildman–Crippen LogP) is 3.65. The Kier molecular flexibility index (Phi) is 3.48. The predicted molar refractivity (Wildman–Crippen MR) is 78.8 cm³/mol. The zero-order valence-electron chi connectivity index (χ0n) is 11.3. The second-order valence-corrected chi connectivity index (χ2v) is 6.46. The van der Waals surface area contributed by atoms with E-state index in [0.717, 1.165) is 34.4 Å². The van der Waals surface area contributed by atoms with Gasteiger partial charge in [0.2, 0.25) is 0 Å². The first-order valence-electron chi connectivity index (χ1n) is 7.00. The maximum absolute atomic E-state index is 6.67. The third kappa shape index (κ3) is 2.25. The summed E-state index contributed by atoms with van der Waals surface area (Å²) in [6.07, 6.45) is 5.83. The molecular weight excluding hydrogens is 306 g/mol. The van der Waals surface area contributed by atoms with Gasteiger partial charge in [-0.25, -0.2) is 0 Å². The number of halogens is 1. The number of nitrogens with two attached hydrogens (primary N) is 1. The molecule has 0 amide bonds. The summed E-state index contributed by atoms with van der Waals surface area (Å²) >= 11 is 3.60. The van der Waals surface area contributed by atoms with Crippen molar-refractivity contribution in [2.45, 2.75) is 44.6 Å². The summed E-state index contributed by atoms with van der Waals surface area (Å²) in [6.45, 7) is 3.32. The molecule has 1 aliphatic heterocycles. The van der Waals surface area contributed by atoms with Crippen LogP contribution in [0.4, 0.5) is 0 Å². The summed E-state index contributed by atoms with van der Waals surface area (Å²) in [7, 11) is 0. The highest BCUT2D eigenvalue weighted by molar-refractivity contribution is 9.10. The van der Waals surface area contributed by atoms with E-state index in [9.17, 15) is 0 Å². The van der Waals surface area contributed by atoms with E-state index in [2.05, 4.69) is 28.9 Å². The van der Waals surface area contributed by atoms with E-state index in [1.807, 2.05) is 0 Å². The van der Waals surface area contributed by atoms with Crippen molar-refractivity contribution in [3.05, 3.63) is 21.7 Å². The normalized spacial score (nSPS) is 21.2. The highest BCUT2D eigenvalue weighted by atomic mass is 79.9. The van der Waals surface area contributed by atoms with Crippen molar-refractivity contribution in [1.29, 1.82) is 0 Å². The molecule has 4 heteroatoms. The van der Waals surface area contributed by atoms with Crippen molar-refractivity contribution < 1.29 is 9.47 Å². The quantitative estimate of drug-likeness (QED) is 0.857. The van der Waals surface area contributed by atoms with E-state index < -0.39 is 0 Å². The first-order chi connectivity index (χ1) is 9.12. The molecule has 2 N–H and O–H groups in total. The van der Waals surface area contributed by atoms with Gasteiger partial charge in [-0.3, -0.25) is 0 Å². The van der Waals surface area contributed by atoms with E-state index >= 15 is 0 Å². The van der Waals surface area contributed by atoms with Gasteiger partial charge in [-0.2, -0.15) is 0 Å². The lowest BCUT2D eigenvalue weighted by Gasteiger charge is -2.36. The van der Waals surface area contributed by atoms with Crippen LogP contribution in [0.3, 0.4) is 0 Å². The molecule has 3 rings (SSSR count). The fraction of sp³-hybridized carbons (Fsp3) is 0.600. The smallest absolute Gasteiger partial charge is 0.175 e. The minimum atomic E-state index is -0.208. The van der Waals surface area contributed by atoms with E-state index in [4.69, 9.17) is 15.2 Å². The summed E-state index contributed by atoms with van der Waals surface area (Å²) in [6, 6.07) is 2.13. The molecule has 1 aromatic carbocycles. The van der Waals surface area contributed by atoms with Crippen LogP contribution in [-0.2, 0) is 5.54 Å². The number of fused-ring (bicyclic) bond motifs is 1. The van der Waals surface area contributed by atoms with Crippen LogP contribution in [0, 0.1) is 6.92 Å². The number of hydrogen-bond acceptors (Lipinski definition) is 3. The van der Waals surface area contributed by atoms with Crippen LogP contribution >= 0.6 is 15.9 Å².